The summed E-state index contributed by atoms with van der Waals surface area (Å²) in [4.78, 5) is 72.7. The Morgan fingerprint density at radius 1 is 0.621 bits per heavy atom. The highest BCUT2D eigenvalue weighted by Gasteiger charge is 2.51. The topological polar surface area (TPSA) is 365 Å². The molecule has 24 nitrogen and oxygen atoms in total. The van der Waals surface area contributed by atoms with Crippen LogP contribution < -0.4 is 31.9 Å². The van der Waals surface area contributed by atoms with E-state index in [4.69, 9.17) is 24.1 Å². The summed E-state index contributed by atoms with van der Waals surface area (Å²) in [6.45, 7) is 3.48. The van der Waals surface area contributed by atoms with Crippen LogP contribution in [0.1, 0.15) is 110 Å². The van der Waals surface area contributed by atoms with E-state index in [9.17, 15) is 59.5 Å². The molecule has 10 unspecified atom stereocenters. The first-order valence-corrected chi connectivity index (χ1v) is 23.0. The van der Waals surface area contributed by atoms with Crippen LogP contribution in [-0.4, -0.2) is 191 Å². The van der Waals surface area contributed by atoms with Crippen LogP contribution >= 0.6 is 0 Å². The molecule has 0 spiro atoms. The predicted octanol–water partition coefficient (Wildman–Crippen LogP) is -2.95. The van der Waals surface area contributed by atoms with Crippen LogP contribution in [0.15, 0.2) is 5.16 Å². The number of nitrogens with zero attached hydrogens (tertiary/aromatic N) is 1. The minimum Gasteiger partial charge on any atom is -0.463 e. The molecule has 10 atom stereocenters. The van der Waals surface area contributed by atoms with Gasteiger partial charge in [-0.1, -0.05) is 12.1 Å². The third-order valence-electron chi connectivity index (χ3n) is 11.0. The maximum atomic E-state index is 12.4. The SMILES string of the molecule is CCC(NC)C1OC(O)C(OC2OC(COC(=O)CCC(=O)NCCCCCNC(=O)CCC(=O)NCCCCCNC(=O)CCC(=O)NCCCCCO)C(O)C(O)C2=NO)C(O)C1O. The average Bonchev–Trinajstić information content (AvgIpc) is 3.30. The molecule has 66 heavy (non-hydrogen) atoms. The van der Waals surface area contributed by atoms with Gasteiger partial charge in [-0.2, -0.15) is 0 Å². The molecular formula is C42H75N7O17. The summed E-state index contributed by atoms with van der Waals surface area (Å²) in [6.07, 6.45) is -7.84. The van der Waals surface area contributed by atoms with Crippen LogP contribution in [0.25, 0.3) is 0 Å². The molecule has 380 valence electrons. The molecule has 2 fully saturated rings. The van der Waals surface area contributed by atoms with Gasteiger partial charge in [0.2, 0.25) is 35.8 Å². The second-order valence-corrected chi connectivity index (χ2v) is 16.2. The Hall–Kier alpha value is -4.11. The van der Waals surface area contributed by atoms with E-state index in [0.717, 1.165) is 25.7 Å². The van der Waals surface area contributed by atoms with E-state index in [-0.39, 0.29) is 68.8 Å². The van der Waals surface area contributed by atoms with E-state index >= 15 is 0 Å². The number of carbonyl (C=O) groups is 6. The first kappa shape index (κ1) is 58.0. The number of aliphatic hydroxyl groups is 6. The zero-order valence-electron chi connectivity index (χ0n) is 38.2. The molecule has 13 N–H and O–H groups in total. The highest BCUT2D eigenvalue weighted by molar-refractivity contribution is 5.92. The summed E-state index contributed by atoms with van der Waals surface area (Å²) in [6, 6.07) is -0.432. The highest BCUT2D eigenvalue weighted by atomic mass is 16.7. The van der Waals surface area contributed by atoms with Gasteiger partial charge in [-0.15, -0.1) is 0 Å². The van der Waals surface area contributed by atoms with Crippen molar-refractivity contribution in [3.8, 4) is 0 Å². The largest absolute Gasteiger partial charge is 0.463 e. The molecule has 2 heterocycles. The van der Waals surface area contributed by atoms with Crippen LogP contribution in [0, 0.1) is 0 Å². The normalized spacial score (nSPS) is 25.1. The van der Waals surface area contributed by atoms with E-state index in [0.29, 0.717) is 71.2 Å². The standard InChI is InChI=1S/C42H75N7O17/c1-3-26(43-2)39-37(59)38(60)40(41(61)65-39)66-42-34(49-62)36(58)35(57)27(64-42)25-63-33(56)18-17-32(55)48-22-10-5-9-21-46-29(52)14-13-28(51)44-19-7-4-8-20-45-30(53)15-16-31(54)47-23-11-6-12-24-50/h26-27,35-43,50,57-62H,3-25H2,1-2H3,(H,44,51)(H,45,53)(H,46,52)(H,47,54)(H,48,55). The molecule has 0 aromatic rings. The lowest BCUT2D eigenvalue weighted by molar-refractivity contribution is -0.324. The number of rotatable bonds is 33. The van der Waals surface area contributed by atoms with Gasteiger partial charge in [0.1, 0.15) is 55.0 Å². The van der Waals surface area contributed by atoms with Crippen molar-refractivity contribution in [3.63, 3.8) is 0 Å². The average molecular weight is 950 g/mol. The molecular weight excluding hydrogens is 874 g/mol. The number of unbranched alkanes of at least 4 members (excludes halogenated alkanes) is 6. The van der Waals surface area contributed by atoms with E-state index in [2.05, 4.69) is 37.1 Å². The summed E-state index contributed by atoms with van der Waals surface area (Å²) in [5.41, 5.74) is -0.622. The Morgan fingerprint density at radius 2 is 1.06 bits per heavy atom. The van der Waals surface area contributed by atoms with Crippen LogP contribution in [0.3, 0.4) is 0 Å². The van der Waals surface area contributed by atoms with Gasteiger partial charge in [0, 0.05) is 77.5 Å². The molecule has 0 bridgehead atoms. The molecule has 24 heteroatoms. The zero-order chi connectivity index (χ0) is 48.9. The Kier molecular flexibility index (Phi) is 29.3. The third-order valence-corrected chi connectivity index (χ3v) is 11.0. The Morgan fingerprint density at radius 3 is 1.47 bits per heavy atom. The summed E-state index contributed by atoms with van der Waals surface area (Å²) in [5.74, 6) is -2.11. The number of ether oxygens (including phenoxy) is 4. The van der Waals surface area contributed by atoms with Gasteiger partial charge in [-0.25, -0.2) is 0 Å². The Bertz CT molecular complexity index is 1490. The monoisotopic (exact) mass is 950 g/mol. The lowest BCUT2D eigenvalue weighted by Gasteiger charge is -2.45. The predicted molar refractivity (Wildman–Crippen MR) is 233 cm³/mol. The number of esters is 1. The van der Waals surface area contributed by atoms with E-state index in [1.54, 1.807) is 14.0 Å². The van der Waals surface area contributed by atoms with Crippen molar-refractivity contribution in [1.82, 2.24) is 31.9 Å². The maximum Gasteiger partial charge on any atom is 0.306 e. The number of carbonyl (C=O) groups excluding carboxylic acids is 6. The molecule has 0 aromatic heterocycles. The molecule has 0 saturated carbocycles. The first-order chi connectivity index (χ1) is 31.7. The molecule has 2 saturated heterocycles. The van der Waals surface area contributed by atoms with Gasteiger partial charge >= 0.3 is 5.97 Å². The van der Waals surface area contributed by atoms with Crippen molar-refractivity contribution in [2.45, 2.75) is 171 Å². The number of hydrogen-bond donors (Lipinski definition) is 13. The molecule has 0 radical (unpaired) electrons. The van der Waals surface area contributed by atoms with E-state index in [1.807, 2.05) is 0 Å². The third kappa shape index (κ3) is 22.1. The number of nitrogens with one attached hydrogen (secondary N) is 6. The molecule has 2 aliphatic heterocycles. The minimum absolute atomic E-state index is 0.0399. The highest BCUT2D eigenvalue weighted by Crippen LogP contribution is 2.29. The molecule has 0 aliphatic carbocycles. The van der Waals surface area contributed by atoms with Crippen LogP contribution in [-0.2, 0) is 47.7 Å². The Labute approximate surface area is 385 Å². The van der Waals surface area contributed by atoms with Gasteiger partial charge in [-0.05, 0) is 71.3 Å². The van der Waals surface area contributed by atoms with Crippen LogP contribution in [0.4, 0.5) is 0 Å². The minimum atomic E-state index is -1.88. The van der Waals surface area contributed by atoms with Crippen molar-refractivity contribution in [1.29, 1.82) is 0 Å². The van der Waals surface area contributed by atoms with E-state index < -0.39 is 85.5 Å². The fourth-order valence-corrected chi connectivity index (χ4v) is 7.04. The summed E-state index contributed by atoms with van der Waals surface area (Å²) >= 11 is 0. The quantitative estimate of drug-likeness (QED) is 0.0135. The lowest BCUT2D eigenvalue weighted by atomic mass is 9.92. The van der Waals surface area contributed by atoms with Crippen LogP contribution in [0.2, 0.25) is 0 Å². The van der Waals surface area contributed by atoms with E-state index in [1.165, 1.54) is 0 Å². The summed E-state index contributed by atoms with van der Waals surface area (Å²) in [7, 11) is 1.62. The molecule has 2 aliphatic rings. The van der Waals surface area contributed by atoms with Gasteiger partial charge < -0.3 is 86.7 Å². The van der Waals surface area contributed by atoms with Crippen molar-refractivity contribution in [2.75, 3.05) is 53.0 Å². The molecule has 5 amide bonds. The molecule has 2 rings (SSSR count). The fourth-order valence-electron chi connectivity index (χ4n) is 7.04. The number of amides is 5. The number of likely N-dealkylation sites (N-methyl/N-ethyl adjacent to an activating group) is 1. The summed E-state index contributed by atoms with van der Waals surface area (Å²) < 4.78 is 21.8. The maximum absolute atomic E-state index is 12.4. The smallest absolute Gasteiger partial charge is 0.306 e. The van der Waals surface area contributed by atoms with Crippen molar-refractivity contribution in [3.05, 3.63) is 0 Å². The number of aliphatic hydroxyl groups excluding tert-OH is 6. The second-order valence-electron chi connectivity index (χ2n) is 16.2. The lowest BCUT2D eigenvalue weighted by Crippen LogP contribution is -2.65. The van der Waals surface area contributed by atoms with Gasteiger partial charge in [0.05, 0.1) is 6.42 Å². The first-order valence-electron chi connectivity index (χ1n) is 23.0. The molecule has 0 aromatic carbocycles. The number of hydrogen-bond acceptors (Lipinski definition) is 19. The van der Waals surface area contributed by atoms with Crippen molar-refractivity contribution < 1.29 is 83.6 Å². The van der Waals surface area contributed by atoms with Crippen LogP contribution in [0.5, 0.6) is 0 Å². The Balaban J connectivity index is 1.51. The summed E-state index contributed by atoms with van der Waals surface area (Å²) in [5, 5.41) is 91.0. The zero-order valence-corrected chi connectivity index (χ0v) is 38.2. The number of oxime groups is 1. The van der Waals surface area contributed by atoms with Crippen molar-refractivity contribution >= 4 is 41.2 Å². The van der Waals surface area contributed by atoms with Crippen molar-refractivity contribution in [2.24, 2.45) is 5.16 Å². The van der Waals surface area contributed by atoms with Gasteiger partial charge in [0.25, 0.3) is 0 Å². The second kappa shape index (κ2) is 33.4. The van der Waals surface area contributed by atoms with Gasteiger partial charge in [-0.3, -0.25) is 28.8 Å². The fraction of sp³-hybridized carbons (Fsp3) is 0.833. The van der Waals surface area contributed by atoms with Gasteiger partial charge in [0.15, 0.2) is 6.29 Å².